The molecule has 1 aliphatic rings. The zero-order chi connectivity index (χ0) is 15.7. The van der Waals surface area contributed by atoms with Crippen molar-refractivity contribution in [3.8, 4) is 5.75 Å². The molecule has 1 aromatic carbocycles. The summed E-state index contributed by atoms with van der Waals surface area (Å²) in [5, 5.41) is 0. The minimum absolute atomic E-state index is 0.0466. The van der Waals surface area contributed by atoms with Crippen LogP contribution in [0.15, 0.2) is 47.4 Å². The maximum Gasteiger partial charge on any atom is 0.255 e. The molecule has 1 fully saturated rings. The maximum atomic E-state index is 12.6. The summed E-state index contributed by atoms with van der Waals surface area (Å²) in [5.41, 5.74) is 1.49. The predicted octanol–water partition coefficient (Wildman–Crippen LogP) is 1.98. The van der Waals surface area contributed by atoms with Crippen molar-refractivity contribution in [2.24, 2.45) is 7.05 Å². The number of methoxy groups -OCH3 is 1. The van der Waals surface area contributed by atoms with Crippen molar-refractivity contribution in [3.63, 3.8) is 0 Å². The lowest BCUT2D eigenvalue weighted by molar-refractivity contribution is 0.0459. The second-order valence-corrected chi connectivity index (χ2v) is 5.45. The van der Waals surface area contributed by atoms with Gasteiger partial charge in [0.05, 0.1) is 18.7 Å². The summed E-state index contributed by atoms with van der Waals surface area (Å²) in [6.45, 7) is 0.726. The SMILES string of the molecule is COc1cccc(C2CCN2C(=O)c2ccc(=O)n(C)c2)c1. The Hall–Kier alpha value is -2.56. The molecule has 22 heavy (non-hydrogen) atoms. The molecule has 1 saturated heterocycles. The van der Waals surface area contributed by atoms with Gasteiger partial charge in [0.1, 0.15) is 5.75 Å². The molecule has 0 saturated carbocycles. The van der Waals surface area contributed by atoms with Gasteiger partial charge in [0.2, 0.25) is 5.56 Å². The molecule has 1 amide bonds. The lowest BCUT2D eigenvalue weighted by Crippen LogP contribution is -2.45. The molecule has 0 aliphatic carbocycles. The summed E-state index contributed by atoms with van der Waals surface area (Å²) in [6, 6.07) is 10.9. The Morgan fingerprint density at radius 1 is 1.27 bits per heavy atom. The average molecular weight is 298 g/mol. The van der Waals surface area contributed by atoms with Crippen molar-refractivity contribution >= 4 is 5.91 Å². The van der Waals surface area contributed by atoms with Crippen LogP contribution in [-0.2, 0) is 7.05 Å². The number of hydrogen-bond donors (Lipinski definition) is 0. The molecule has 5 nitrogen and oxygen atoms in total. The summed E-state index contributed by atoms with van der Waals surface area (Å²) in [6.07, 6.45) is 2.52. The normalized spacial score (nSPS) is 17.0. The molecule has 1 aromatic heterocycles. The van der Waals surface area contributed by atoms with Crippen LogP contribution in [0.2, 0.25) is 0 Å². The summed E-state index contributed by atoms with van der Waals surface area (Å²) in [5.74, 6) is 0.744. The number of pyridine rings is 1. The molecule has 2 heterocycles. The Balaban J connectivity index is 1.84. The fourth-order valence-corrected chi connectivity index (χ4v) is 2.71. The van der Waals surface area contributed by atoms with Gasteiger partial charge in [-0.05, 0) is 30.2 Å². The predicted molar refractivity (Wildman–Crippen MR) is 83.1 cm³/mol. The largest absolute Gasteiger partial charge is 0.497 e. The van der Waals surface area contributed by atoms with Gasteiger partial charge in [-0.25, -0.2) is 0 Å². The zero-order valence-corrected chi connectivity index (χ0v) is 12.7. The average Bonchev–Trinajstić information content (AvgIpc) is 2.49. The number of carbonyl (C=O) groups is 1. The van der Waals surface area contributed by atoms with Crippen LogP contribution in [0.4, 0.5) is 0 Å². The van der Waals surface area contributed by atoms with Crippen LogP contribution in [0.1, 0.15) is 28.4 Å². The first kappa shape index (κ1) is 14.4. The Kier molecular flexibility index (Phi) is 3.71. The van der Waals surface area contributed by atoms with Gasteiger partial charge in [0.15, 0.2) is 0 Å². The quantitative estimate of drug-likeness (QED) is 0.870. The third-order valence-corrected chi connectivity index (χ3v) is 4.09. The van der Waals surface area contributed by atoms with Crippen LogP contribution in [0.3, 0.4) is 0 Å². The van der Waals surface area contributed by atoms with Crippen molar-refractivity contribution in [1.82, 2.24) is 9.47 Å². The number of nitrogens with zero attached hydrogens (tertiary/aromatic N) is 2. The van der Waals surface area contributed by atoms with Gasteiger partial charge in [-0.3, -0.25) is 9.59 Å². The van der Waals surface area contributed by atoms with Crippen LogP contribution >= 0.6 is 0 Å². The molecule has 1 atom stereocenters. The highest BCUT2D eigenvalue weighted by atomic mass is 16.5. The topological polar surface area (TPSA) is 51.5 Å². The summed E-state index contributed by atoms with van der Waals surface area (Å²) in [4.78, 5) is 25.9. The zero-order valence-electron chi connectivity index (χ0n) is 12.7. The van der Waals surface area contributed by atoms with Gasteiger partial charge < -0.3 is 14.2 Å². The van der Waals surface area contributed by atoms with Crippen LogP contribution in [0.25, 0.3) is 0 Å². The third-order valence-electron chi connectivity index (χ3n) is 4.09. The molecular weight excluding hydrogens is 280 g/mol. The van der Waals surface area contributed by atoms with Gasteiger partial charge in [-0.2, -0.15) is 0 Å². The number of amides is 1. The fraction of sp³-hybridized carbons (Fsp3) is 0.294. The van der Waals surface area contributed by atoms with E-state index in [1.807, 2.05) is 29.2 Å². The van der Waals surface area contributed by atoms with E-state index in [0.29, 0.717) is 5.56 Å². The number of benzene rings is 1. The van der Waals surface area contributed by atoms with E-state index in [4.69, 9.17) is 4.74 Å². The lowest BCUT2D eigenvalue weighted by atomic mass is 9.93. The van der Waals surface area contributed by atoms with Crippen molar-refractivity contribution < 1.29 is 9.53 Å². The van der Waals surface area contributed by atoms with Crippen molar-refractivity contribution in [1.29, 1.82) is 0 Å². The van der Waals surface area contributed by atoms with E-state index in [0.717, 1.165) is 24.3 Å². The molecule has 114 valence electrons. The van der Waals surface area contributed by atoms with Crippen molar-refractivity contribution in [3.05, 3.63) is 64.1 Å². The number of hydrogen-bond acceptors (Lipinski definition) is 3. The number of carbonyl (C=O) groups excluding carboxylic acids is 1. The van der Waals surface area contributed by atoms with Gasteiger partial charge in [0.25, 0.3) is 5.91 Å². The van der Waals surface area contributed by atoms with Gasteiger partial charge in [-0.15, -0.1) is 0 Å². The van der Waals surface area contributed by atoms with E-state index in [2.05, 4.69) is 0 Å². The Morgan fingerprint density at radius 3 is 2.73 bits per heavy atom. The van der Waals surface area contributed by atoms with E-state index in [1.165, 1.54) is 10.6 Å². The van der Waals surface area contributed by atoms with Crippen molar-refractivity contribution in [2.75, 3.05) is 13.7 Å². The Morgan fingerprint density at radius 2 is 2.09 bits per heavy atom. The first-order valence-electron chi connectivity index (χ1n) is 7.22. The number of aromatic nitrogens is 1. The number of rotatable bonds is 3. The van der Waals surface area contributed by atoms with Crippen LogP contribution < -0.4 is 10.3 Å². The molecule has 0 radical (unpaired) electrons. The van der Waals surface area contributed by atoms with Gasteiger partial charge >= 0.3 is 0 Å². The Bertz CT molecular complexity index is 766. The van der Waals surface area contributed by atoms with E-state index in [9.17, 15) is 9.59 Å². The second kappa shape index (κ2) is 5.67. The molecule has 0 N–H and O–H groups in total. The Labute approximate surface area is 128 Å². The van der Waals surface area contributed by atoms with E-state index in [-0.39, 0.29) is 17.5 Å². The van der Waals surface area contributed by atoms with E-state index < -0.39 is 0 Å². The fourth-order valence-electron chi connectivity index (χ4n) is 2.71. The molecular formula is C17H18N2O3. The van der Waals surface area contributed by atoms with Gasteiger partial charge in [-0.1, -0.05) is 12.1 Å². The molecule has 0 spiro atoms. The molecule has 3 rings (SSSR count). The summed E-state index contributed by atoms with van der Waals surface area (Å²) < 4.78 is 6.67. The van der Waals surface area contributed by atoms with Crippen LogP contribution in [0, 0.1) is 0 Å². The highest BCUT2D eigenvalue weighted by Crippen LogP contribution is 2.35. The summed E-state index contributed by atoms with van der Waals surface area (Å²) in [7, 11) is 3.28. The first-order valence-corrected chi connectivity index (χ1v) is 7.22. The molecule has 5 heteroatoms. The minimum Gasteiger partial charge on any atom is -0.497 e. The summed E-state index contributed by atoms with van der Waals surface area (Å²) >= 11 is 0. The number of ether oxygens (including phenoxy) is 1. The molecule has 1 unspecified atom stereocenters. The highest BCUT2D eigenvalue weighted by molar-refractivity contribution is 5.94. The molecule has 1 aliphatic heterocycles. The number of likely N-dealkylation sites (tertiary alicyclic amines) is 1. The number of aryl methyl sites for hydroxylation is 1. The smallest absolute Gasteiger partial charge is 0.255 e. The highest BCUT2D eigenvalue weighted by Gasteiger charge is 2.34. The lowest BCUT2D eigenvalue weighted by Gasteiger charge is -2.41. The third kappa shape index (κ3) is 2.50. The standard InChI is InChI=1S/C17H18N2O3/c1-18-11-13(6-7-16(18)20)17(21)19-9-8-15(19)12-4-3-5-14(10-12)22-2/h3-7,10-11,15H,8-9H2,1-2H3. The molecule has 0 bridgehead atoms. The maximum absolute atomic E-state index is 12.6. The van der Waals surface area contributed by atoms with E-state index >= 15 is 0 Å². The first-order chi connectivity index (χ1) is 10.6. The second-order valence-electron chi connectivity index (χ2n) is 5.45. The van der Waals surface area contributed by atoms with Crippen LogP contribution in [0.5, 0.6) is 5.75 Å². The van der Waals surface area contributed by atoms with Crippen molar-refractivity contribution in [2.45, 2.75) is 12.5 Å². The van der Waals surface area contributed by atoms with Crippen LogP contribution in [-0.4, -0.2) is 29.0 Å². The monoisotopic (exact) mass is 298 g/mol. The van der Waals surface area contributed by atoms with E-state index in [1.54, 1.807) is 26.4 Å². The van der Waals surface area contributed by atoms with Gasteiger partial charge in [0, 0.05) is 25.9 Å². The minimum atomic E-state index is -0.121. The molecule has 2 aromatic rings.